The molecule has 0 radical (unpaired) electrons. The summed E-state index contributed by atoms with van der Waals surface area (Å²) in [7, 11) is 0. The zero-order chi connectivity index (χ0) is 61.2. The number of anilines is 18. The smallest absolute Gasteiger partial charge is 0.252 e. The highest BCUT2D eigenvalue weighted by atomic mass is 15.2. The highest BCUT2D eigenvalue weighted by Gasteiger charge is 2.58. The second kappa shape index (κ2) is 17.7. The Balaban J connectivity index is 0.752. The molecule has 0 fully saturated rings. The van der Waals surface area contributed by atoms with Crippen LogP contribution in [0, 0.1) is 0 Å². The van der Waals surface area contributed by atoms with Gasteiger partial charge < -0.3 is 29.4 Å². The van der Waals surface area contributed by atoms with Gasteiger partial charge in [0.1, 0.15) is 0 Å². The first-order chi connectivity index (χ1) is 47.2. The van der Waals surface area contributed by atoms with Crippen LogP contribution in [0.1, 0.15) is 0 Å². The van der Waals surface area contributed by atoms with E-state index in [0.717, 1.165) is 11.4 Å². The Morgan fingerprint density at radius 2 is 0.421 bits per heavy atom. The zero-order valence-electron chi connectivity index (χ0n) is 51.4. The number of para-hydroxylation sites is 10. The summed E-state index contributed by atoms with van der Waals surface area (Å²) < 4.78 is 0. The predicted molar refractivity (Wildman–Crippen MR) is 403 cm³/mol. The molecule has 14 aromatic carbocycles. The lowest BCUT2D eigenvalue weighted by molar-refractivity contribution is 1.23. The van der Waals surface area contributed by atoms with Crippen LogP contribution in [0.4, 0.5) is 102 Å². The van der Waals surface area contributed by atoms with Crippen LogP contribution in [0.5, 0.6) is 0 Å². The van der Waals surface area contributed by atoms with Crippen LogP contribution < -0.4 is 111 Å². The van der Waals surface area contributed by atoms with Gasteiger partial charge in [-0.05, 0) is 184 Å². The van der Waals surface area contributed by atoms with E-state index in [0.29, 0.717) is 0 Å². The fraction of sp³-hybridized carbons (Fsp3) is 0. The van der Waals surface area contributed by atoms with Crippen LogP contribution in [-0.4, -0.2) is 33.6 Å². The molecule has 0 amide bonds. The highest BCUT2D eigenvalue weighted by Crippen LogP contribution is 2.54. The molecule has 11 heteroatoms. The van der Waals surface area contributed by atoms with Gasteiger partial charge in [-0.2, -0.15) is 0 Å². The normalized spacial score (nSPS) is 14.9. The molecule has 24 rings (SSSR count). The van der Waals surface area contributed by atoms with Crippen molar-refractivity contribution in [3.05, 3.63) is 297 Å². The monoisotopic (exact) mass is 1200 g/mol. The fourth-order valence-electron chi connectivity index (χ4n) is 19.8. The molecule has 0 saturated heterocycles. The molecule has 0 atom stereocenters. The summed E-state index contributed by atoms with van der Waals surface area (Å²) in [6.45, 7) is 0.0240. The molecule has 10 aliphatic heterocycles. The third-order valence-electron chi connectivity index (χ3n) is 23.1. The molecule has 10 heterocycles. The van der Waals surface area contributed by atoms with Crippen molar-refractivity contribution in [2.45, 2.75) is 0 Å². The van der Waals surface area contributed by atoms with Crippen LogP contribution in [0.3, 0.4) is 0 Å². The average molecular weight is 1200 g/mol. The Morgan fingerprint density at radius 1 is 0.158 bits per heavy atom. The number of hydrogen-bond acceptors (Lipinski definition) is 6. The van der Waals surface area contributed by atoms with Crippen molar-refractivity contribution in [3.63, 3.8) is 0 Å². The van der Waals surface area contributed by atoms with Gasteiger partial charge in [0.25, 0.3) is 33.6 Å². The number of nitrogens with zero attached hydrogens (tertiary/aromatic N) is 6. The Bertz CT molecular complexity index is 5780. The Kier molecular flexibility index (Phi) is 9.27. The van der Waals surface area contributed by atoms with E-state index in [2.05, 4.69) is 327 Å². The molecule has 95 heavy (non-hydrogen) atoms. The minimum atomic E-state index is -0.0630. The summed E-state index contributed by atoms with van der Waals surface area (Å²) in [5, 5.41) is 0. The molecule has 0 aliphatic carbocycles. The summed E-state index contributed by atoms with van der Waals surface area (Å²) in [4.78, 5) is 15.8. The first kappa shape index (κ1) is 49.8. The molecular weight excluding hydrogens is 1150 g/mol. The van der Waals surface area contributed by atoms with E-state index in [9.17, 15) is 0 Å². The first-order valence-electron chi connectivity index (χ1n) is 33.6. The van der Waals surface area contributed by atoms with E-state index >= 15 is 0 Å². The summed E-state index contributed by atoms with van der Waals surface area (Å²) in [6.07, 6.45) is 0. The molecule has 10 aliphatic rings. The Morgan fingerprint density at radius 3 is 0.789 bits per heavy atom. The second-order valence-electron chi connectivity index (χ2n) is 27.2. The van der Waals surface area contributed by atoms with Gasteiger partial charge in [-0.1, -0.05) is 206 Å². The maximum absolute atomic E-state index is 2.70. The van der Waals surface area contributed by atoms with Gasteiger partial charge in [0, 0.05) is 102 Å². The van der Waals surface area contributed by atoms with Gasteiger partial charge in [0.2, 0.25) is 0 Å². The SMILES string of the molecule is c1ccc(N2c3ccccc3B3c4ccccc4N4c5ccccc5B5c6ccccc6N(c6cccc(-c7ccc8c(c7)B7c9ccccc9N9c%10ccccc%10B%10c%11ccccc%11N%11c%12ccccc%12B%12c%13ccccc%13N8c8c%12c%11c%10c9c87)c6)c6cc2c3c4c65)cc1. The van der Waals surface area contributed by atoms with Gasteiger partial charge >= 0.3 is 0 Å². The quantitative estimate of drug-likeness (QED) is 0.163. The molecule has 430 valence electrons. The van der Waals surface area contributed by atoms with Crippen molar-refractivity contribution < 1.29 is 0 Å². The molecular formula is C84H49B5N6. The van der Waals surface area contributed by atoms with E-state index in [4.69, 9.17) is 0 Å². The van der Waals surface area contributed by atoms with Crippen LogP contribution in [0.2, 0.25) is 0 Å². The molecule has 0 saturated carbocycles. The maximum atomic E-state index is 2.70. The summed E-state index contributed by atoms with van der Waals surface area (Å²) in [5.74, 6) is 0. The van der Waals surface area contributed by atoms with Gasteiger partial charge in [-0.25, -0.2) is 0 Å². The Labute approximate surface area is 552 Å². The summed E-state index contributed by atoms with van der Waals surface area (Å²) in [5.41, 5.74) is 45.1. The molecule has 0 unspecified atom stereocenters. The standard InChI is InChI=1S/C84H49B5N6/c1-2-24-52(25-3-1)90-64-36-13-4-27-54(64)85-56-29-6-15-38-66(56)92-67-39-16-7-30-57(67)86-55-28-5-14-37-65(55)91(75-49-74(90)76(85)81(92)77(75)86)53-26-22-23-50(47-53)51-45-46-73-63(48-51)89-62-35-12-21-44-72(62)94-70-42-19-10-33-60(70)87-58-31-8-17-40-68(58)93-69-41-18-9-32-59(69)88-61-34-11-20-43-71(61)95(73)84-79(88)82(93)78(87)83(94)80(84)89/h1-49H. The van der Waals surface area contributed by atoms with Gasteiger partial charge in [-0.3, -0.25) is 0 Å². The van der Waals surface area contributed by atoms with E-state index in [1.807, 2.05) is 0 Å². The van der Waals surface area contributed by atoms with Crippen LogP contribution in [-0.2, 0) is 0 Å². The van der Waals surface area contributed by atoms with Crippen molar-refractivity contribution in [3.8, 4) is 11.1 Å². The highest BCUT2D eigenvalue weighted by molar-refractivity contribution is 7.09. The van der Waals surface area contributed by atoms with Crippen LogP contribution in [0.25, 0.3) is 11.1 Å². The number of benzene rings is 14. The maximum Gasteiger partial charge on any atom is 0.252 e. The third kappa shape index (κ3) is 5.95. The molecule has 14 aromatic rings. The second-order valence-corrected chi connectivity index (χ2v) is 27.2. The number of rotatable bonds is 3. The molecule has 0 N–H and O–H groups in total. The topological polar surface area (TPSA) is 19.4 Å². The minimum absolute atomic E-state index is 0.00339. The van der Waals surface area contributed by atoms with Crippen molar-refractivity contribution in [2.24, 2.45) is 0 Å². The molecule has 6 nitrogen and oxygen atoms in total. The zero-order valence-corrected chi connectivity index (χ0v) is 51.4. The lowest BCUT2D eigenvalue weighted by Gasteiger charge is -2.55. The number of fused-ring (bicyclic) bond motifs is 28. The van der Waals surface area contributed by atoms with Crippen molar-refractivity contribution in [1.29, 1.82) is 0 Å². The molecule has 0 bridgehead atoms. The minimum Gasteiger partial charge on any atom is -0.312 e. The van der Waals surface area contributed by atoms with E-state index in [1.165, 1.54) is 184 Å². The van der Waals surface area contributed by atoms with Crippen LogP contribution in [0.15, 0.2) is 297 Å². The van der Waals surface area contributed by atoms with E-state index in [1.54, 1.807) is 0 Å². The Hall–Kier alpha value is -11.8. The number of hydrogen-bond donors (Lipinski definition) is 0. The lowest BCUT2D eigenvalue weighted by atomic mass is 9.24. The fourth-order valence-corrected chi connectivity index (χ4v) is 19.8. The van der Waals surface area contributed by atoms with Gasteiger partial charge in [0.05, 0.1) is 0 Å². The molecule has 0 aromatic heterocycles. The third-order valence-corrected chi connectivity index (χ3v) is 23.1. The van der Waals surface area contributed by atoms with Crippen molar-refractivity contribution in [2.75, 3.05) is 29.4 Å². The predicted octanol–water partition coefficient (Wildman–Crippen LogP) is 9.89. The summed E-state index contributed by atoms with van der Waals surface area (Å²) >= 11 is 0. The summed E-state index contributed by atoms with van der Waals surface area (Å²) in [6, 6.07) is 114. The van der Waals surface area contributed by atoms with Gasteiger partial charge in [-0.15, -0.1) is 0 Å². The van der Waals surface area contributed by atoms with Gasteiger partial charge in [0.15, 0.2) is 0 Å². The average Bonchev–Trinajstić information content (AvgIpc) is 0.653. The van der Waals surface area contributed by atoms with Crippen molar-refractivity contribution >= 4 is 218 Å². The van der Waals surface area contributed by atoms with Crippen LogP contribution >= 0.6 is 0 Å². The lowest BCUT2D eigenvalue weighted by Crippen LogP contribution is -2.74. The largest absolute Gasteiger partial charge is 0.312 e. The first-order valence-corrected chi connectivity index (χ1v) is 33.6. The van der Waals surface area contributed by atoms with Crippen molar-refractivity contribution in [1.82, 2.24) is 0 Å². The molecule has 0 spiro atoms. The van der Waals surface area contributed by atoms with E-state index in [-0.39, 0.29) is 33.6 Å². The van der Waals surface area contributed by atoms with E-state index < -0.39 is 0 Å².